The van der Waals surface area contributed by atoms with Gasteiger partial charge in [-0.25, -0.2) is 0 Å². The van der Waals surface area contributed by atoms with Crippen LogP contribution in [0, 0.1) is 5.92 Å². The number of hydrogen-bond donors (Lipinski definition) is 3. The summed E-state index contributed by atoms with van der Waals surface area (Å²) in [5, 5.41) is 14.3. The molecule has 3 amide bonds. The molecule has 3 rings (SSSR count). The van der Waals surface area contributed by atoms with Crippen LogP contribution in [0.1, 0.15) is 43.4 Å². The first-order chi connectivity index (χ1) is 16.8. The van der Waals surface area contributed by atoms with Gasteiger partial charge in [0.05, 0.1) is 17.9 Å². The highest BCUT2D eigenvalue weighted by atomic mass is 16.2. The number of azo groups is 1. The molecule has 0 fully saturated rings. The van der Waals surface area contributed by atoms with Crippen LogP contribution in [0.15, 0.2) is 58.8 Å². The van der Waals surface area contributed by atoms with Gasteiger partial charge >= 0.3 is 0 Å². The van der Waals surface area contributed by atoms with E-state index in [1.54, 1.807) is 25.8 Å². The number of amides is 3. The zero-order valence-electron chi connectivity index (χ0n) is 20.5. The second kappa shape index (κ2) is 11.4. The largest absolute Gasteiger partial charge is 0.386 e. The topological polar surface area (TPSA) is 129 Å². The van der Waals surface area contributed by atoms with Crippen molar-refractivity contribution in [3.8, 4) is 0 Å². The number of rotatable bonds is 8. The molecule has 0 radical (unpaired) electrons. The summed E-state index contributed by atoms with van der Waals surface area (Å²) in [5.41, 5.74) is 10.1. The van der Waals surface area contributed by atoms with Crippen LogP contribution in [0.3, 0.4) is 0 Å². The first-order valence-electron chi connectivity index (χ1n) is 11.6. The maximum absolute atomic E-state index is 13.5. The Morgan fingerprint density at radius 1 is 1.03 bits per heavy atom. The second-order valence-corrected chi connectivity index (χ2v) is 8.62. The van der Waals surface area contributed by atoms with E-state index in [2.05, 4.69) is 20.9 Å². The van der Waals surface area contributed by atoms with Crippen LogP contribution >= 0.6 is 0 Å². The predicted molar refractivity (Wildman–Crippen MR) is 136 cm³/mol. The number of anilines is 1. The van der Waals surface area contributed by atoms with Crippen LogP contribution in [0.4, 0.5) is 5.69 Å². The molecule has 1 atom stereocenters. The molecule has 0 unspecified atom stereocenters. The lowest BCUT2D eigenvalue weighted by molar-refractivity contribution is -0.129. The molecule has 0 spiro atoms. The van der Waals surface area contributed by atoms with Gasteiger partial charge in [0.2, 0.25) is 17.7 Å². The molecule has 0 saturated carbocycles. The molecule has 184 valence electrons. The normalized spacial score (nSPS) is 16.2. The summed E-state index contributed by atoms with van der Waals surface area (Å²) in [5.74, 6) is -1.36. The Labute approximate surface area is 205 Å². The number of primary amides is 1. The van der Waals surface area contributed by atoms with Gasteiger partial charge < -0.3 is 21.3 Å². The molecule has 35 heavy (non-hydrogen) atoms. The fraction of sp³-hybridized carbons (Fsp3) is 0.346. The van der Waals surface area contributed by atoms with E-state index in [-0.39, 0.29) is 24.7 Å². The van der Waals surface area contributed by atoms with Gasteiger partial charge in [0.1, 0.15) is 11.7 Å². The minimum atomic E-state index is -0.779. The molecular formula is C26H32N6O3. The van der Waals surface area contributed by atoms with E-state index in [1.165, 1.54) is 0 Å². The third-order valence-corrected chi connectivity index (χ3v) is 5.91. The molecule has 0 saturated heterocycles. The number of nitrogens with zero attached hydrogens (tertiary/aromatic N) is 3. The first-order valence-corrected chi connectivity index (χ1v) is 11.6. The SMILES string of the molecule is C/N=N\C1=C(/NC)c2ccccc2CN(C(=O)CCC(=O)N[C@H](C(N)=O)C(C)C)c2ccccc21. The van der Waals surface area contributed by atoms with Gasteiger partial charge in [-0.05, 0) is 17.5 Å². The third kappa shape index (κ3) is 5.74. The second-order valence-electron chi connectivity index (χ2n) is 8.62. The maximum Gasteiger partial charge on any atom is 0.240 e. The molecule has 4 N–H and O–H groups in total. The van der Waals surface area contributed by atoms with Crippen molar-refractivity contribution in [3.63, 3.8) is 0 Å². The third-order valence-electron chi connectivity index (χ3n) is 5.91. The fourth-order valence-electron chi connectivity index (χ4n) is 4.18. The van der Waals surface area contributed by atoms with Crippen molar-refractivity contribution < 1.29 is 14.4 Å². The average molecular weight is 477 g/mol. The molecule has 9 heteroatoms. The quantitative estimate of drug-likeness (QED) is 0.506. The molecule has 2 aromatic carbocycles. The average Bonchev–Trinajstić information content (AvgIpc) is 2.83. The van der Waals surface area contributed by atoms with Crippen molar-refractivity contribution in [1.82, 2.24) is 10.6 Å². The summed E-state index contributed by atoms with van der Waals surface area (Å²) in [6.07, 6.45) is -0.0894. The summed E-state index contributed by atoms with van der Waals surface area (Å²) in [6, 6.07) is 14.5. The number of fused-ring (bicyclic) bond motifs is 2. The van der Waals surface area contributed by atoms with Crippen molar-refractivity contribution in [2.45, 2.75) is 39.3 Å². The minimum Gasteiger partial charge on any atom is -0.386 e. The van der Waals surface area contributed by atoms with Gasteiger partial charge in [0.15, 0.2) is 0 Å². The Morgan fingerprint density at radius 2 is 1.69 bits per heavy atom. The standard InChI is InChI=1S/C26H32N6O3/c1-16(2)23(26(27)35)30-21(33)13-14-22(34)32-15-17-9-5-6-10-18(17)24(28-3)25(31-29-4)19-11-7-8-12-20(19)32/h5-12,16,23,28H,13-15H2,1-4H3,(H2,27,35)(H,30,33)/b25-24-,31-29-/t23-/m0/s1. The minimum absolute atomic E-state index is 0.0286. The maximum atomic E-state index is 13.5. The van der Waals surface area contributed by atoms with Crippen LogP contribution in [0.2, 0.25) is 0 Å². The predicted octanol–water partition coefficient (Wildman–Crippen LogP) is 3.07. The lowest BCUT2D eigenvalue weighted by Gasteiger charge is -2.30. The lowest BCUT2D eigenvalue weighted by atomic mass is 9.96. The zero-order valence-corrected chi connectivity index (χ0v) is 20.5. The number of nitrogens with two attached hydrogens (primary N) is 1. The molecule has 1 aliphatic rings. The van der Waals surface area contributed by atoms with Crippen molar-refractivity contribution in [2.24, 2.45) is 21.9 Å². The fourth-order valence-corrected chi connectivity index (χ4v) is 4.18. The molecule has 1 aliphatic heterocycles. The van der Waals surface area contributed by atoms with Crippen LogP contribution in [-0.2, 0) is 20.9 Å². The highest BCUT2D eigenvalue weighted by molar-refractivity contribution is 6.02. The molecule has 1 heterocycles. The highest BCUT2D eigenvalue weighted by Gasteiger charge is 2.28. The number of para-hydroxylation sites is 1. The van der Waals surface area contributed by atoms with Crippen LogP contribution in [0.25, 0.3) is 11.4 Å². The Kier molecular flexibility index (Phi) is 8.35. The van der Waals surface area contributed by atoms with E-state index in [0.29, 0.717) is 17.9 Å². The lowest BCUT2D eigenvalue weighted by Crippen LogP contribution is -2.47. The highest BCUT2D eigenvalue weighted by Crippen LogP contribution is 2.37. The number of nitrogens with one attached hydrogen (secondary N) is 2. The number of hydrogen-bond acceptors (Lipinski definition) is 6. The summed E-state index contributed by atoms with van der Waals surface area (Å²) in [6.45, 7) is 3.92. The number of benzene rings is 2. The van der Waals surface area contributed by atoms with E-state index < -0.39 is 17.9 Å². The van der Waals surface area contributed by atoms with Gasteiger partial charge in [-0.15, -0.1) is 0 Å². The molecule has 0 aromatic heterocycles. The van der Waals surface area contributed by atoms with Crippen LogP contribution in [-0.4, -0.2) is 37.9 Å². The molecule has 0 aliphatic carbocycles. The van der Waals surface area contributed by atoms with Gasteiger partial charge in [0.25, 0.3) is 0 Å². The van der Waals surface area contributed by atoms with Gasteiger partial charge in [-0.3, -0.25) is 14.4 Å². The Morgan fingerprint density at radius 3 is 2.31 bits per heavy atom. The molecular weight excluding hydrogens is 444 g/mol. The summed E-state index contributed by atoms with van der Waals surface area (Å²) < 4.78 is 0. The molecule has 2 aromatic rings. The summed E-state index contributed by atoms with van der Waals surface area (Å²) in [7, 11) is 3.44. The monoisotopic (exact) mass is 476 g/mol. The summed E-state index contributed by atoms with van der Waals surface area (Å²) >= 11 is 0. The van der Waals surface area contributed by atoms with Gasteiger partial charge in [-0.1, -0.05) is 56.3 Å². The van der Waals surface area contributed by atoms with E-state index >= 15 is 0 Å². The Balaban J connectivity index is 1.97. The van der Waals surface area contributed by atoms with Crippen molar-refractivity contribution >= 4 is 34.8 Å². The van der Waals surface area contributed by atoms with Gasteiger partial charge in [-0.2, -0.15) is 10.2 Å². The Hall–Kier alpha value is -4.01. The smallest absolute Gasteiger partial charge is 0.240 e. The number of carbonyl (C=O) groups excluding carboxylic acids is 3. The van der Waals surface area contributed by atoms with Crippen LogP contribution < -0.4 is 21.3 Å². The molecule has 0 bridgehead atoms. The van der Waals surface area contributed by atoms with Crippen molar-refractivity contribution in [3.05, 3.63) is 65.2 Å². The Bertz CT molecular complexity index is 1170. The van der Waals surface area contributed by atoms with Crippen molar-refractivity contribution in [2.75, 3.05) is 19.0 Å². The first kappa shape index (κ1) is 25.6. The van der Waals surface area contributed by atoms with Crippen molar-refractivity contribution in [1.29, 1.82) is 0 Å². The number of carbonyl (C=O) groups is 3. The van der Waals surface area contributed by atoms with E-state index in [0.717, 1.165) is 22.4 Å². The van der Waals surface area contributed by atoms with E-state index in [4.69, 9.17) is 5.73 Å². The van der Waals surface area contributed by atoms with E-state index in [1.807, 2.05) is 55.6 Å². The van der Waals surface area contributed by atoms with Crippen LogP contribution in [0.5, 0.6) is 0 Å². The van der Waals surface area contributed by atoms with E-state index in [9.17, 15) is 14.4 Å². The van der Waals surface area contributed by atoms with Gasteiger partial charge in [0, 0.05) is 38.1 Å². The zero-order chi connectivity index (χ0) is 25.5. The summed E-state index contributed by atoms with van der Waals surface area (Å²) in [4.78, 5) is 39.3. The molecule has 9 nitrogen and oxygen atoms in total.